The summed E-state index contributed by atoms with van der Waals surface area (Å²) in [6.45, 7) is 6.53. The molecule has 1 aliphatic carbocycles. The summed E-state index contributed by atoms with van der Waals surface area (Å²) < 4.78 is 0. The van der Waals surface area contributed by atoms with Crippen LogP contribution < -0.4 is 21.9 Å². The van der Waals surface area contributed by atoms with Crippen LogP contribution in [0.3, 0.4) is 0 Å². The highest BCUT2D eigenvalue weighted by Crippen LogP contribution is 2.34. The second-order valence-electron chi connectivity index (χ2n) is 9.19. The first-order valence-corrected chi connectivity index (χ1v) is 12.9. The highest BCUT2D eigenvalue weighted by atomic mass is 16.4. The number of hydrogen-bond acceptors (Lipinski definition) is 10. The van der Waals surface area contributed by atoms with Crippen LogP contribution in [0.1, 0.15) is 30.0 Å². The summed E-state index contributed by atoms with van der Waals surface area (Å²) in [6.07, 6.45) is 4.86. The average molecular weight is 567 g/mol. The fourth-order valence-electron chi connectivity index (χ4n) is 3.76. The number of nitrogens with two attached hydrogens (primary N) is 2. The molecule has 12 nitrogen and oxygen atoms in total. The number of anilines is 1. The van der Waals surface area contributed by atoms with Crippen molar-refractivity contribution in [3.63, 3.8) is 0 Å². The monoisotopic (exact) mass is 566 g/mol. The Hall–Kier alpha value is -4.36. The van der Waals surface area contributed by atoms with Crippen molar-refractivity contribution in [2.24, 2.45) is 21.7 Å². The Morgan fingerprint density at radius 1 is 1.07 bits per heavy atom. The van der Waals surface area contributed by atoms with E-state index in [1.165, 1.54) is 11.1 Å². The highest BCUT2D eigenvalue weighted by Gasteiger charge is 2.40. The summed E-state index contributed by atoms with van der Waals surface area (Å²) in [7, 11) is 0. The Kier molecular flexibility index (Phi) is 12.4. The van der Waals surface area contributed by atoms with Crippen LogP contribution in [0.5, 0.6) is 5.75 Å². The van der Waals surface area contributed by atoms with Crippen molar-refractivity contribution >= 4 is 34.6 Å². The molecule has 1 atom stereocenters. The summed E-state index contributed by atoms with van der Waals surface area (Å²) in [5, 5.41) is 45.5. The second-order valence-corrected chi connectivity index (χ2v) is 9.19. The molecule has 2 aliphatic rings. The van der Waals surface area contributed by atoms with Crippen molar-refractivity contribution in [2.45, 2.75) is 32.7 Å². The lowest BCUT2D eigenvalue weighted by Crippen LogP contribution is -2.50. The molecular formula is C29H38N6O6. The SMILES string of the molecule is CC1=NN(c2ccc(C)c(C)c2)C(=O)C1=NNC1(C(=O)O)C=CC=C(c2ccccc2O)C1.NCCO.NCCO. The maximum atomic E-state index is 13.0. The van der Waals surface area contributed by atoms with Crippen LogP contribution in [0, 0.1) is 13.8 Å². The number of carboxylic acid groups (broad SMARTS) is 1. The Morgan fingerprint density at radius 3 is 2.27 bits per heavy atom. The number of phenolic OH excluding ortho intramolecular Hbond substituents is 1. The Bertz CT molecular complexity index is 1350. The number of hydrogen-bond donors (Lipinski definition) is 7. The standard InChI is InChI=1S/C25H24N4O4.2C2H7NO/c1-15-10-11-19(13-16(15)2)29-23(31)22(17(3)27-29)26-28-25(24(32)33)12-6-7-18(14-25)20-8-4-5-9-21(20)30;2*3-1-2-4/h4-13,28,30H,14H2,1-3H3,(H,32,33);2*4H,1-3H2. The number of aliphatic hydroxyl groups is 2. The quantitative estimate of drug-likeness (QED) is 0.241. The predicted molar refractivity (Wildman–Crippen MR) is 160 cm³/mol. The van der Waals surface area contributed by atoms with E-state index in [-0.39, 0.29) is 31.1 Å². The van der Waals surface area contributed by atoms with E-state index in [1.54, 1.807) is 49.4 Å². The van der Waals surface area contributed by atoms with Gasteiger partial charge in [0.1, 0.15) is 5.75 Å². The number of rotatable bonds is 7. The van der Waals surface area contributed by atoms with Crippen LogP contribution in [0.25, 0.3) is 5.57 Å². The fraction of sp³-hybridized carbons (Fsp3) is 0.310. The second kappa shape index (κ2) is 15.4. The van der Waals surface area contributed by atoms with Gasteiger partial charge in [0.05, 0.1) is 24.6 Å². The van der Waals surface area contributed by atoms with E-state index in [2.05, 4.69) is 15.6 Å². The summed E-state index contributed by atoms with van der Waals surface area (Å²) in [5.74, 6) is -1.54. The number of allylic oxidation sites excluding steroid dienone is 2. The molecule has 0 saturated heterocycles. The predicted octanol–water partition coefficient (Wildman–Crippen LogP) is 1.42. The number of hydrazone groups is 2. The third kappa shape index (κ3) is 8.32. The van der Waals surface area contributed by atoms with Gasteiger partial charge in [-0.2, -0.15) is 15.2 Å². The molecule has 220 valence electrons. The number of nitrogens with zero attached hydrogens (tertiary/aromatic N) is 3. The molecule has 0 aromatic heterocycles. The zero-order chi connectivity index (χ0) is 30.6. The maximum absolute atomic E-state index is 13.0. The number of nitrogens with one attached hydrogen (secondary N) is 1. The van der Waals surface area contributed by atoms with E-state index in [9.17, 15) is 19.8 Å². The number of aryl methyl sites for hydroxylation is 2. The van der Waals surface area contributed by atoms with Gasteiger partial charge < -0.3 is 31.9 Å². The Morgan fingerprint density at radius 2 is 1.71 bits per heavy atom. The number of carbonyl (C=O) groups excluding carboxylic acids is 1. The average Bonchev–Trinajstić information content (AvgIpc) is 3.26. The van der Waals surface area contributed by atoms with Gasteiger partial charge in [-0.3, -0.25) is 10.2 Å². The first-order valence-electron chi connectivity index (χ1n) is 12.9. The number of phenols is 1. The van der Waals surface area contributed by atoms with Gasteiger partial charge in [0.25, 0.3) is 0 Å². The van der Waals surface area contributed by atoms with Gasteiger partial charge in [-0.25, -0.2) is 4.79 Å². The molecule has 4 rings (SSSR count). The lowest BCUT2D eigenvalue weighted by molar-refractivity contribution is -0.142. The molecule has 1 amide bonds. The lowest BCUT2D eigenvalue weighted by atomic mass is 9.84. The first-order chi connectivity index (χ1) is 19.5. The fourth-order valence-corrected chi connectivity index (χ4v) is 3.76. The molecule has 1 heterocycles. The van der Waals surface area contributed by atoms with Crippen molar-refractivity contribution in [1.82, 2.24) is 5.43 Å². The molecule has 2 aromatic rings. The van der Waals surface area contributed by atoms with Crippen molar-refractivity contribution < 1.29 is 30.0 Å². The summed E-state index contributed by atoms with van der Waals surface area (Å²) >= 11 is 0. The number of benzene rings is 2. The van der Waals surface area contributed by atoms with E-state index < -0.39 is 17.4 Å². The van der Waals surface area contributed by atoms with Crippen LogP contribution in [-0.2, 0) is 9.59 Å². The molecule has 0 bridgehead atoms. The molecule has 0 saturated carbocycles. The molecule has 0 fully saturated rings. The van der Waals surface area contributed by atoms with Crippen molar-refractivity contribution in [3.05, 3.63) is 77.4 Å². The van der Waals surface area contributed by atoms with E-state index >= 15 is 0 Å². The van der Waals surface area contributed by atoms with E-state index in [4.69, 9.17) is 21.7 Å². The molecule has 1 aliphatic heterocycles. The third-order valence-electron chi connectivity index (χ3n) is 6.13. The largest absolute Gasteiger partial charge is 0.507 e. The van der Waals surface area contributed by atoms with Gasteiger partial charge in [-0.15, -0.1) is 0 Å². The number of carboxylic acids is 1. The van der Waals surface area contributed by atoms with Crippen LogP contribution in [0.4, 0.5) is 5.69 Å². The molecule has 0 radical (unpaired) electrons. The lowest BCUT2D eigenvalue weighted by Gasteiger charge is -2.29. The van der Waals surface area contributed by atoms with Gasteiger partial charge in [0.15, 0.2) is 11.3 Å². The zero-order valence-corrected chi connectivity index (χ0v) is 23.4. The minimum absolute atomic E-state index is 0.0262. The zero-order valence-electron chi connectivity index (χ0n) is 23.4. The Labute approximate surface area is 239 Å². The van der Waals surface area contributed by atoms with E-state index in [0.717, 1.165) is 11.1 Å². The first kappa shape index (κ1) is 32.8. The number of amides is 1. The van der Waals surface area contributed by atoms with Crippen LogP contribution in [0.2, 0.25) is 0 Å². The van der Waals surface area contributed by atoms with Crippen LogP contribution >= 0.6 is 0 Å². The minimum Gasteiger partial charge on any atom is -0.507 e. The molecule has 12 heteroatoms. The topological polar surface area (TPSA) is 207 Å². The number of aliphatic carboxylic acids is 1. The smallest absolute Gasteiger partial charge is 0.335 e. The van der Waals surface area contributed by atoms with Crippen molar-refractivity contribution in [3.8, 4) is 5.75 Å². The normalized spacial score (nSPS) is 18.6. The highest BCUT2D eigenvalue weighted by molar-refractivity contribution is 6.71. The van der Waals surface area contributed by atoms with Gasteiger partial charge in [0.2, 0.25) is 0 Å². The van der Waals surface area contributed by atoms with E-state index in [0.29, 0.717) is 35.6 Å². The molecule has 0 spiro atoms. The number of para-hydroxylation sites is 1. The van der Waals surface area contributed by atoms with Crippen molar-refractivity contribution in [2.75, 3.05) is 31.3 Å². The van der Waals surface area contributed by atoms with E-state index in [1.807, 2.05) is 26.0 Å². The van der Waals surface area contributed by atoms with Gasteiger partial charge >= 0.3 is 11.9 Å². The summed E-state index contributed by atoms with van der Waals surface area (Å²) in [5.41, 5.74) is 15.0. The molecule has 2 aromatic carbocycles. The maximum Gasteiger partial charge on any atom is 0.335 e. The summed E-state index contributed by atoms with van der Waals surface area (Å²) in [4.78, 5) is 25.3. The van der Waals surface area contributed by atoms with Crippen LogP contribution in [-0.4, -0.2) is 75.6 Å². The van der Waals surface area contributed by atoms with Gasteiger partial charge in [-0.05, 0) is 61.7 Å². The number of aliphatic hydroxyl groups excluding tert-OH is 2. The number of carbonyl (C=O) groups is 2. The molecule has 9 N–H and O–H groups in total. The van der Waals surface area contributed by atoms with Crippen molar-refractivity contribution in [1.29, 1.82) is 0 Å². The van der Waals surface area contributed by atoms with Crippen LogP contribution in [0.15, 0.2) is 70.9 Å². The van der Waals surface area contributed by atoms with Gasteiger partial charge in [-0.1, -0.05) is 36.4 Å². The molecule has 41 heavy (non-hydrogen) atoms. The number of aromatic hydroxyl groups is 1. The Balaban J connectivity index is 0.000000653. The van der Waals surface area contributed by atoms with Gasteiger partial charge in [0, 0.05) is 25.1 Å². The molecule has 1 unspecified atom stereocenters. The minimum atomic E-state index is -1.59. The molecular weight excluding hydrogens is 528 g/mol. The third-order valence-corrected chi connectivity index (χ3v) is 6.13. The summed E-state index contributed by atoms with van der Waals surface area (Å²) in [6, 6.07) is 12.3.